The molecule has 1 atom stereocenters. The van der Waals surface area contributed by atoms with Gasteiger partial charge in [0.1, 0.15) is 23.4 Å². The van der Waals surface area contributed by atoms with Gasteiger partial charge >= 0.3 is 0 Å². The van der Waals surface area contributed by atoms with Gasteiger partial charge in [0.05, 0.1) is 18.9 Å². The number of amides is 1. The van der Waals surface area contributed by atoms with E-state index in [9.17, 15) is 4.79 Å². The molecule has 0 fully saturated rings. The predicted octanol–water partition coefficient (Wildman–Crippen LogP) is 4.70. The molecule has 0 aromatic heterocycles. The maximum Gasteiger partial charge on any atom is 0.255 e. The van der Waals surface area contributed by atoms with Crippen molar-refractivity contribution in [1.29, 1.82) is 0 Å². The van der Waals surface area contributed by atoms with E-state index in [4.69, 9.17) is 14.2 Å². The Labute approximate surface area is 160 Å². The highest BCUT2D eigenvalue weighted by molar-refractivity contribution is 6.05. The molecule has 0 saturated heterocycles. The quantitative estimate of drug-likeness (QED) is 0.769. The third-order valence-corrected chi connectivity index (χ3v) is 4.23. The maximum absolute atomic E-state index is 12.8. The number of hydrogen-bond acceptors (Lipinski definition) is 4. The van der Waals surface area contributed by atoms with Crippen LogP contribution in [0.25, 0.3) is 0 Å². The van der Waals surface area contributed by atoms with Crippen LogP contribution in [0.1, 0.15) is 43.6 Å². The van der Waals surface area contributed by atoms with Gasteiger partial charge < -0.3 is 19.5 Å². The van der Waals surface area contributed by atoms with Crippen molar-refractivity contribution in [2.24, 2.45) is 5.92 Å². The van der Waals surface area contributed by atoms with Gasteiger partial charge in [-0.05, 0) is 44.0 Å². The summed E-state index contributed by atoms with van der Waals surface area (Å²) in [7, 11) is 0. The van der Waals surface area contributed by atoms with Gasteiger partial charge in [-0.3, -0.25) is 4.79 Å². The highest BCUT2D eigenvalue weighted by Gasteiger charge is 2.23. The molecule has 0 radical (unpaired) electrons. The van der Waals surface area contributed by atoms with E-state index in [1.807, 2.05) is 38.1 Å². The van der Waals surface area contributed by atoms with Gasteiger partial charge in [0.2, 0.25) is 0 Å². The first-order valence-electron chi connectivity index (χ1n) is 9.46. The minimum Gasteiger partial charge on any atom is -0.493 e. The molecule has 0 aliphatic carbocycles. The van der Waals surface area contributed by atoms with E-state index in [0.717, 1.165) is 17.7 Å². The van der Waals surface area contributed by atoms with Gasteiger partial charge in [0, 0.05) is 23.6 Å². The number of rotatable bonds is 7. The summed E-state index contributed by atoms with van der Waals surface area (Å²) in [6.45, 7) is 9.26. The molecule has 1 aliphatic rings. The molecule has 1 N–H and O–H groups in total. The molecule has 0 spiro atoms. The van der Waals surface area contributed by atoms with Crippen molar-refractivity contribution in [3.8, 4) is 17.2 Å². The number of fused-ring (bicyclic) bond motifs is 1. The maximum atomic E-state index is 12.8. The lowest BCUT2D eigenvalue weighted by molar-refractivity contribution is 0.102. The summed E-state index contributed by atoms with van der Waals surface area (Å²) in [6.07, 6.45) is 0.981. The molecule has 5 heteroatoms. The molecule has 2 aromatic rings. The lowest BCUT2D eigenvalue weighted by atomic mass is 10.1. The molecular formula is C22H27NO4. The van der Waals surface area contributed by atoms with Gasteiger partial charge in [-0.2, -0.15) is 0 Å². The first-order chi connectivity index (χ1) is 13.0. The van der Waals surface area contributed by atoms with Gasteiger partial charge in [-0.1, -0.05) is 19.9 Å². The Kier molecular flexibility index (Phi) is 5.89. The second-order valence-electron chi connectivity index (χ2n) is 7.21. The average Bonchev–Trinajstić information content (AvgIpc) is 2.99. The van der Waals surface area contributed by atoms with E-state index < -0.39 is 0 Å². The number of ether oxygens (including phenoxy) is 3. The number of carbonyl (C=O) groups excluding carboxylic acids is 1. The van der Waals surface area contributed by atoms with E-state index >= 15 is 0 Å². The standard InChI is InChI=1S/C22H27NO4/c1-5-25-21-11-17-9-15(4)27-20(17)12-19(21)23-22(24)16-7-6-8-18(10-16)26-13-14(2)3/h6-8,10-12,14-15H,5,9,13H2,1-4H3,(H,23,24). The zero-order valence-electron chi connectivity index (χ0n) is 16.4. The minimum atomic E-state index is -0.211. The van der Waals surface area contributed by atoms with Crippen molar-refractivity contribution in [1.82, 2.24) is 0 Å². The molecule has 27 heavy (non-hydrogen) atoms. The van der Waals surface area contributed by atoms with Crippen molar-refractivity contribution < 1.29 is 19.0 Å². The zero-order chi connectivity index (χ0) is 19.4. The Morgan fingerprint density at radius 3 is 2.81 bits per heavy atom. The van der Waals surface area contributed by atoms with Crippen molar-refractivity contribution in [2.75, 3.05) is 18.5 Å². The fraction of sp³-hybridized carbons (Fsp3) is 0.409. The van der Waals surface area contributed by atoms with Crippen LogP contribution in [-0.2, 0) is 6.42 Å². The fourth-order valence-electron chi connectivity index (χ4n) is 3.00. The molecule has 1 amide bonds. The van der Waals surface area contributed by atoms with E-state index in [0.29, 0.717) is 41.9 Å². The molecule has 0 bridgehead atoms. The van der Waals surface area contributed by atoms with Crippen molar-refractivity contribution >= 4 is 11.6 Å². The Bertz CT molecular complexity index is 816. The number of carbonyl (C=O) groups is 1. The molecule has 1 heterocycles. The summed E-state index contributed by atoms with van der Waals surface area (Å²) in [5, 5.41) is 2.95. The monoisotopic (exact) mass is 369 g/mol. The van der Waals surface area contributed by atoms with Crippen LogP contribution in [0.4, 0.5) is 5.69 Å². The number of benzene rings is 2. The topological polar surface area (TPSA) is 56.8 Å². The third kappa shape index (κ3) is 4.73. The van der Waals surface area contributed by atoms with Crippen LogP contribution in [0.3, 0.4) is 0 Å². The summed E-state index contributed by atoms with van der Waals surface area (Å²) in [6, 6.07) is 11.0. The first-order valence-corrected chi connectivity index (χ1v) is 9.46. The van der Waals surface area contributed by atoms with Crippen LogP contribution in [0.5, 0.6) is 17.2 Å². The predicted molar refractivity (Wildman–Crippen MR) is 106 cm³/mol. The lowest BCUT2D eigenvalue weighted by Gasteiger charge is -2.14. The highest BCUT2D eigenvalue weighted by atomic mass is 16.5. The Balaban J connectivity index is 1.79. The molecule has 3 rings (SSSR count). The fourth-order valence-corrected chi connectivity index (χ4v) is 3.00. The number of hydrogen-bond donors (Lipinski definition) is 1. The van der Waals surface area contributed by atoms with Crippen LogP contribution in [0.2, 0.25) is 0 Å². The summed E-state index contributed by atoms with van der Waals surface area (Å²) in [4.78, 5) is 12.8. The molecule has 0 saturated carbocycles. The van der Waals surface area contributed by atoms with Crippen molar-refractivity contribution in [3.63, 3.8) is 0 Å². The zero-order valence-corrected chi connectivity index (χ0v) is 16.4. The number of anilines is 1. The van der Waals surface area contributed by atoms with E-state index in [1.54, 1.807) is 12.1 Å². The van der Waals surface area contributed by atoms with Crippen LogP contribution in [0, 0.1) is 5.92 Å². The molecule has 2 aromatic carbocycles. The van der Waals surface area contributed by atoms with Gasteiger partial charge in [-0.25, -0.2) is 0 Å². The van der Waals surface area contributed by atoms with Gasteiger partial charge in [0.15, 0.2) is 0 Å². The van der Waals surface area contributed by atoms with E-state index in [1.165, 1.54) is 0 Å². The van der Waals surface area contributed by atoms with Crippen molar-refractivity contribution in [2.45, 2.75) is 40.2 Å². The van der Waals surface area contributed by atoms with Crippen molar-refractivity contribution in [3.05, 3.63) is 47.5 Å². The minimum absolute atomic E-state index is 0.134. The highest BCUT2D eigenvalue weighted by Crippen LogP contribution is 2.38. The van der Waals surface area contributed by atoms with E-state index in [-0.39, 0.29) is 12.0 Å². The smallest absolute Gasteiger partial charge is 0.255 e. The van der Waals surface area contributed by atoms with Crippen LogP contribution in [-0.4, -0.2) is 25.2 Å². The molecule has 5 nitrogen and oxygen atoms in total. The molecule has 144 valence electrons. The van der Waals surface area contributed by atoms with Crippen LogP contribution < -0.4 is 19.5 Å². The van der Waals surface area contributed by atoms with Crippen LogP contribution >= 0.6 is 0 Å². The normalized spacial score (nSPS) is 15.2. The summed E-state index contributed by atoms with van der Waals surface area (Å²) in [5.74, 6) is 2.36. The van der Waals surface area contributed by atoms with E-state index in [2.05, 4.69) is 19.2 Å². The first kappa shape index (κ1) is 19.1. The molecular weight excluding hydrogens is 342 g/mol. The second-order valence-corrected chi connectivity index (χ2v) is 7.21. The average molecular weight is 369 g/mol. The van der Waals surface area contributed by atoms with Crippen LogP contribution in [0.15, 0.2) is 36.4 Å². The Hall–Kier alpha value is -2.69. The summed E-state index contributed by atoms with van der Waals surface area (Å²) >= 11 is 0. The summed E-state index contributed by atoms with van der Waals surface area (Å²) in [5.41, 5.74) is 2.25. The Morgan fingerprint density at radius 1 is 1.26 bits per heavy atom. The SMILES string of the molecule is CCOc1cc2c(cc1NC(=O)c1cccc(OCC(C)C)c1)OC(C)C2. The van der Waals surface area contributed by atoms with Gasteiger partial charge in [-0.15, -0.1) is 0 Å². The number of nitrogens with one attached hydrogen (secondary N) is 1. The largest absolute Gasteiger partial charge is 0.493 e. The lowest BCUT2D eigenvalue weighted by Crippen LogP contribution is -2.13. The Morgan fingerprint density at radius 2 is 2.07 bits per heavy atom. The summed E-state index contributed by atoms with van der Waals surface area (Å²) < 4.78 is 17.3. The second kappa shape index (κ2) is 8.33. The molecule has 1 unspecified atom stereocenters. The molecule has 1 aliphatic heterocycles. The van der Waals surface area contributed by atoms with Gasteiger partial charge in [0.25, 0.3) is 5.91 Å². The third-order valence-electron chi connectivity index (χ3n) is 4.23.